The highest BCUT2D eigenvalue weighted by Gasteiger charge is 2.04. The summed E-state index contributed by atoms with van der Waals surface area (Å²) in [5.74, 6) is 6.58. The van der Waals surface area contributed by atoms with E-state index in [-0.39, 0.29) is 0 Å². The van der Waals surface area contributed by atoms with Gasteiger partial charge in [0.1, 0.15) is 5.82 Å². The van der Waals surface area contributed by atoms with Crippen LogP contribution in [0.4, 0.5) is 11.5 Å². The van der Waals surface area contributed by atoms with Crippen LogP contribution < -0.4 is 15.6 Å². The van der Waals surface area contributed by atoms with Crippen LogP contribution in [0.25, 0.3) is 0 Å². The van der Waals surface area contributed by atoms with Gasteiger partial charge in [-0.25, -0.2) is 10.8 Å². The lowest BCUT2D eigenvalue weighted by Crippen LogP contribution is -2.22. The number of anilines is 2. The van der Waals surface area contributed by atoms with E-state index < -0.39 is 0 Å². The second kappa shape index (κ2) is 4.34. The van der Waals surface area contributed by atoms with Gasteiger partial charge in [-0.1, -0.05) is 0 Å². The Morgan fingerprint density at radius 3 is 2.77 bits per heavy atom. The van der Waals surface area contributed by atoms with Crippen molar-refractivity contribution in [3.05, 3.63) is 17.8 Å². The zero-order valence-electron chi connectivity index (χ0n) is 8.03. The second-order valence-electron chi connectivity index (χ2n) is 2.61. The van der Waals surface area contributed by atoms with Gasteiger partial charge in [0.05, 0.1) is 11.9 Å². The third-order valence-corrected chi connectivity index (χ3v) is 2.36. The molecule has 0 bridgehead atoms. The minimum absolute atomic E-state index is 0.857. The molecule has 5 heteroatoms. The van der Waals surface area contributed by atoms with Crippen LogP contribution in [-0.4, -0.2) is 18.3 Å². The molecular formula is C8H14N4S. The SMILES string of the molecule is CNc1cc(C)c(N(N)SC)cn1. The first-order valence-electron chi connectivity index (χ1n) is 3.92. The minimum atomic E-state index is 0.857. The van der Waals surface area contributed by atoms with E-state index >= 15 is 0 Å². The average molecular weight is 198 g/mol. The van der Waals surface area contributed by atoms with Crippen LogP contribution in [0.15, 0.2) is 12.3 Å². The molecule has 0 fully saturated rings. The molecule has 4 nitrogen and oxygen atoms in total. The van der Waals surface area contributed by atoms with E-state index in [0.29, 0.717) is 0 Å². The van der Waals surface area contributed by atoms with Crippen LogP contribution in [0.5, 0.6) is 0 Å². The summed E-state index contributed by atoms with van der Waals surface area (Å²) in [5, 5.41) is 2.97. The molecule has 0 aliphatic heterocycles. The van der Waals surface area contributed by atoms with Crippen LogP contribution in [0.2, 0.25) is 0 Å². The number of aryl methyl sites for hydroxylation is 1. The van der Waals surface area contributed by atoms with Crippen LogP contribution in [0.3, 0.4) is 0 Å². The topological polar surface area (TPSA) is 54.2 Å². The molecule has 0 unspecified atom stereocenters. The number of nitrogens with two attached hydrogens (primary N) is 1. The van der Waals surface area contributed by atoms with E-state index in [9.17, 15) is 0 Å². The fraction of sp³-hybridized carbons (Fsp3) is 0.375. The van der Waals surface area contributed by atoms with Gasteiger partial charge in [0.25, 0.3) is 0 Å². The van der Waals surface area contributed by atoms with Crippen molar-refractivity contribution in [3.8, 4) is 0 Å². The predicted molar refractivity (Wildman–Crippen MR) is 58.7 cm³/mol. The first kappa shape index (κ1) is 10.1. The van der Waals surface area contributed by atoms with E-state index in [2.05, 4.69) is 10.3 Å². The molecule has 0 aromatic carbocycles. The number of rotatable bonds is 3. The Kier molecular flexibility index (Phi) is 3.39. The van der Waals surface area contributed by atoms with Gasteiger partial charge in [0.2, 0.25) is 0 Å². The molecule has 0 aliphatic carbocycles. The predicted octanol–water partition coefficient (Wildman–Crippen LogP) is 1.39. The Morgan fingerprint density at radius 1 is 1.62 bits per heavy atom. The largest absolute Gasteiger partial charge is 0.373 e. The number of nitrogens with zero attached hydrogens (tertiary/aromatic N) is 2. The minimum Gasteiger partial charge on any atom is -0.373 e. The Labute approximate surface area is 82.6 Å². The van der Waals surface area contributed by atoms with E-state index in [1.807, 2.05) is 26.3 Å². The highest BCUT2D eigenvalue weighted by molar-refractivity contribution is 7.99. The Hall–Kier alpha value is -0.940. The van der Waals surface area contributed by atoms with Crippen molar-refractivity contribution in [3.63, 3.8) is 0 Å². The zero-order chi connectivity index (χ0) is 9.84. The lowest BCUT2D eigenvalue weighted by Gasteiger charge is -2.16. The Morgan fingerprint density at radius 2 is 2.31 bits per heavy atom. The van der Waals surface area contributed by atoms with Crippen molar-refractivity contribution in [1.82, 2.24) is 4.98 Å². The summed E-state index contributed by atoms with van der Waals surface area (Å²) in [4.78, 5) is 4.18. The van der Waals surface area contributed by atoms with E-state index in [1.165, 1.54) is 11.9 Å². The number of nitrogens with one attached hydrogen (secondary N) is 1. The number of aromatic nitrogens is 1. The second-order valence-corrected chi connectivity index (χ2v) is 3.37. The summed E-state index contributed by atoms with van der Waals surface area (Å²) in [7, 11) is 1.84. The third kappa shape index (κ3) is 2.26. The average Bonchev–Trinajstić information content (AvgIpc) is 2.16. The van der Waals surface area contributed by atoms with Crippen LogP contribution >= 0.6 is 11.9 Å². The quantitative estimate of drug-likeness (QED) is 0.437. The lowest BCUT2D eigenvalue weighted by molar-refractivity contribution is 1.15. The molecule has 1 aromatic rings. The van der Waals surface area contributed by atoms with Crippen LogP contribution in [-0.2, 0) is 0 Å². The first-order chi connectivity index (χ1) is 6.19. The van der Waals surface area contributed by atoms with Crippen molar-refractivity contribution < 1.29 is 0 Å². The summed E-state index contributed by atoms with van der Waals surface area (Å²) in [5.41, 5.74) is 2.04. The Balaban J connectivity index is 2.98. The van der Waals surface area contributed by atoms with Crippen LogP contribution in [0, 0.1) is 6.92 Å². The number of hydrogen-bond donors (Lipinski definition) is 2. The van der Waals surface area contributed by atoms with Gasteiger partial charge in [-0.05, 0) is 30.5 Å². The van der Waals surface area contributed by atoms with E-state index in [0.717, 1.165) is 17.1 Å². The first-order valence-corrected chi connectivity index (χ1v) is 5.10. The molecule has 13 heavy (non-hydrogen) atoms. The summed E-state index contributed by atoms with van der Waals surface area (Å²) in [6.07, 6.45) is 3.68. The van der Waals surface area contributed by atoms with Crippen LogP contribution in [0.1, 0.15) is 5.56 Å². The van der Waals surface area contributed by atoms with Crippen molar-refractivity contribution in [2.24, 2.45) is 5.84 Å². The molecule has 3 N–H and O–H groups in total. The van der Waals surface area contributed by atoms with Gasteiger partial charge < -0.3 is 5.32 Å². The van der Waals surface area contributed by atoms with Gasteiger partial charge in [-0.15, -0.1) is 0 Å². The van der Waals surface area contributed by atoms with Gasteiger partial charge in [-0.2, -0.15) is 0 Å². The van der Waals surface area contributed by atoms with Crippen molar-refractivity contribution in [1.29, 1.82) is 0 Å². The smallest absolute Gasteiger partial charge is 0.126 e. The maximum atomic E-state index is 5.72. The summed E-state index contributed by atoms with van der Waals surface area (Å²) in [6, 6.07) is 1.96. The zero-order valence-corrected chi connectivity index (χ0v) is 8.85. The Bertz CT molecular complexity index is 289. The summed E-state index contributed by atoms with van der Waals surface area (Å²) in [6.45, 7) is 2.01. The van der Waals surface area contributed by atoms with Crippen molar-refractivity contribution in [2.45, 2.75) is 6.92 Å². The summed E-state index contributed by atoms with van der Waals surface area (Å²) >= 11 is 1.46. The van der Waals surface area contributed by atoms with Gasteiger partial charge >= 0.3 is 0 Å². The molecule has 0 saturated carbocycles. The molecule has 1 heterocycles. The molecule has 72 valence electrons. The third-order valence-electron chi connectivity index (χ3n) is 1.77. The summed E-state index contributed by atoms with van der Waals surface area (Å²) < 4.78 is 1.60. The standard InChI is InChI=1S/C8H14N4S/c1-6-4-8(10-2)11-5-7(6)12(9)13-3/h4-5H,9H2,1-3H3,(H,10,11). The molecule has 1 aromatic heterocycles. The van der Waals surface area contributed by atoms with Gasteiger partial charge in [0.15, 0.2) is 0 Å². The van der Waals surface area contributed by atoms with E-state index in [4.69, 9.17) is 5.84 Å². The normalized spacial score (nSPS) is 9.85. The molecular weight excluding hydrogens is 184 g/mol. The number of pyridine rings is 1. The van der Waals surface area contributed by atoms with Crippen molar-refractivity contribution >= 4 is 23.5 Å². The fourth-order valence-electron chi connectivity index (χ4n) is 1.01. The molecule has 0 saturated heterocycles. The highest BCUT2D eigenvalue weighted by Crippen LogP contribution is 2.22. The molecule has 0 amide bonds. The fourth-order valence-corrected chi connectivity index (χ4v) is 1.40. The molecule has 0 atom stereocenters. The molecule has 1 rings (SSSR count). The maximum Gasteiger partial charge on any atom is 0.126 e. The van der Waals surface area contributed by atoms with Gasteiger partial charge in [0, 0.05) is 13.3 Å². The molecule has 0 spiro atoms. The number of hydrogen-bond acceptors (Lipinski definition) is 5. The lowest BCUT2D eigenvalue weighted by atomic mass is 10.2. The maximum absolute atomic E-state index is 5.72. The molecule has 0 aliphatic rings. The van der Waals surface area contributed by atoms with Gasteiger partial charge in [-0.3, -0.25) is 4.41 Å². The monoisotopic (exact) mass is 198 g/mol. The molecule has 0 radical (unpaired) electrons. The highest BCUT2D eigenvalue weighted by atomic mass is 32.2. The van der Waals surface area contributed by atoms with Crippen molar-refractivity contribution in [2.75, 3.05) is 23.0 Å². The number of hydrazine groups is 1. The van der Waals surface area contributed by atoms with E-state index in [1.54, 1.807) is 10.6 Å².